The number of aromatic hydroxyl groups is 8. The fraction of sp³-hybridized carbons (Fsp3) is 0.222. The number of carbonyl (C=O) groups excluding carboxylic acids is 1. The zero-order chi connectivity index (χ0) is 39.5. The van der Waals surface area contributed by atoms with E-state index in [9.17, 15) is 70.9 Å². The summed E-state index contributed by atoms with van der Waals surface area (Å²) < 4.78 is 28.9. The second-order valence-corrected chi connectivity index (χ2v) is 13.0. The lowest BCUT2D eigenvalue weighted by Gasteiger charge is -2.39. The lowest BCUT2D eigenvalue weighted by atomic mass is 9.79. The largest absolute Gasteiger partial charge is 0.508 e. The highest BCUT2D eigenvalue weighted by atomic mass is 16.8. The Kier molecular flexibility index (Phi) is 7.76. The maximum Gasteiger partial charge on any atom is 0.280 e. The number of Topliss-reactive ketones (excluding diaryl/α,β-unsaturated/α-hetero) is 1. The number of fused-ring (bicyclic) bond motifs is 3. The Morgan fingerprint density at radius 1 is 0.727 bits per heavy atom. The number of carbonyl (C=O) groups is 1. The molecule has 55 heavy (non-hydrogen) atoms. The van der Waals surface area contributed by atoms with Gasteiger partial charge >= 0.3 is 0 Å². The summed E-state index contributed by atoms with van der Waals surface area (Å²) in [6, 6.07) is 8.73. The van der Waals surface area contributed by atoms with Gasteiger partial charge in [-0.1, -0.05) is 0 Å². The normalized spacial score (nSPS) is 26.9. The number of epoxide rings is 1. The molecular formula is C36H28O19. The van der Waals surface area contributed by atoms with E-state index < -0.39 is 145 Å². The average Bonchev–Trinajstić information content (AvgIpc) is 3.82. The van der Waals surface area contributed by atoms with Gasteiger partial charge in [0.1, 0.15) is 64.1 Å². The molecule has 2 saturated heterocycles. The summed E-state index contributed by atoms with van der Waals surface area (Å²) in [5.41, 5.74) is -6.33. The van der Waals surface area contributed by atoms with Gasteiger partial charge in [0.05, 0.1) is 12.2 Å². The van der Waals surface area contributed by atoms with Gasteiger partial charge in [0.2, 0.25) is 28.9 Å². The number of hydrogen-bond acceptors (Lipinski definition) is 19. The van der Waals surface area contributed by atoms with Crippen LogP contribution in [0.2, 0.25) is 0 Å². The maximum atomic E-state index is 14.6. The first-order valence-electron chi connectivity index (χ1n) is 16.1. The Hall–Kier alpha value is -6.48. The van der Waals surface area contributed by atoms with Crippen LogP contribution < -0.4 is 14.9 Å². The number of aliphatic hydroxyl groups is 4. The van der Waals surface area contributed by atoms with Crippen LogP contribution in [0.15, 0.2) is 63.8 Å². The number of phenolic OH excluding ortho intramolecular Hbond substituents is 7. The molecule has 0 unspecified atom stereocenters. The SMILES string of the molecule is O=C1c2c(O)cc(O)cc2O[C@@]2(c3ccc(O)c(O)c3)O[C@@]12c1c(O)cc(O)c2c(=O)c(O)c(-c3ccc(O[C@@H]4O[C@H](CO)[C@@H](O)[C@H](O)[C@H]4O)c(O)c3)oc12. The van der Waals surface area contributed by atoms with Gasteiger partial charge in [-0.2, -0.15) is 0 Å². The third kappa shape index (κ3) is 4.92. The smallest absolute Gasteiger partial charge is 0.280 e. The molecule has 5 aromatic rings. The van der Waals surface area contributed by atoms with Crippen LogP contribution >= 0.6 is 0 Å². The number of rotatable bonds is 6. The first-order chi connectivity index (χ1) is 26.0. The molecule has 12 N–H and O–H groups in total. The van der Waals surface area contributed by atoms with E-state index in [4.69, 9.17) is 23.4 Å². The van der Waals surface area contributed by atoms with Crippen molar-refractivity contribution in [3.8, 4) is 68.8 Å². The van der Waals surface area contributed by atoms with E-state index in [1.54, 1.807) is 0 Å². The minimum atomic E-state index is -2.61. The molecule has 3 aliphatic rings. The van der Waals surface area contributed by atoms with E-state index in [-0.39, 0.29) is 11.1 Å². The molecule has 4 heterocycles. The average molecular weight is 765 g/mol. The van der Waals surface area contributed by atoms with E-state index in [1.807, 2.05) is 0 Å². The minimum absolute atomic E-state index is 0.161. The molecule has 0 saturated carbocycles. The standard InChI is InChI=1S/C36H28O19/c37-10-22-26(45)28(47)30(49)34(52-22)51-20-4-1-11(5-16(20)41)31-29(48)27(46)24-18(43)9-19(44)25(32(24)53-31)35-33(50)23-17(42)7-13(38)8-21(23)54-36(35,55-35)12-2-3-14(39)15(40)6-12/h1-9,22,26,28,30,34,37-45,47-49H,10H2/t22-,26-,28+,30-,34-,35+,36+/m1/s1. The second kappa shape index (κ2) is 12.0. The van der Waals surface area contributed by atoms with Gasteiger partial charge in [0, 0.05) is 29.3 Å². The molecular weight excluding hydrogens is 736 g/mol. The summed E-state index contributed by atoms with van der Waals surface area (Å²) in [5.74, 6) is -11.3. The highest BCUT2D eigenvalue weighted by molar-refractivity contribution is 6.13. The molecule has 0 spiro atoms. The van der Waals surface area contributed by atoms with Crippen molar-refractivity contribution in [1.82, 2.24) is 0 Å². The number of ketones is 1. The van der Waals surface area contributed by atoms with Crippen LogP contribution in [0.1, 0.15) is 21.5 Å². The van der Waals surface area contributed by atoms with Gasteiger partial charge in [-0.15, -0.1) is 0 Å². The highest BCUT2D eigenvalue weighted by Gasteiger charge is 2.83. The van der Waals surface area contributed by atoms with Gasteiger partial charge in [-0.3, -0.25) is 9.59 Å². The predicted molar refractivity (Wildman–Crippen MR) is 178 cm³/mol. The summed E-state index contributed by atoms with van der Waals surface area (Å²) in [7, 11) is 0. The van der Waals surface area contributed by atoms with E-state index in [1.165, 1.54) is 6.07 Å². The van der Waals surface area contributed by atoms with Crippen LogP contribution in [0.3, 0.4) is 0 Å². The summed E-state index contributed by atoms with van der Waals surface area (Å²) in [4.78, 5) is 28.3. The van der Waals surface area contributed by atoms with Crippen molar-refractivity contribution >= 4 is 16.8 Å². The van der Waals surface area contributed by atoms with E-state index in [2.05, 4.69) is 0 Å². The molecule has 8 rings (SSSR count). The number of phenols is 7. The van der Waals surface area contributed by atoms with E-state index >= 15 is 0 Å². The van der Waals surface area contributed by atoms with Crippen molar-refractivity contribution in [1.29, 1.82) is 0 Å². The van der Waals surface area contributed by atoms with Gasteiger partial charge in [0.15, 0.2) is 34.3 Å². The lowest BCUT2D eigenvalue weighted by molar-refractivity contribution is -0.277. The third-order valence-electron chi connectivity index (χ3n) is 9.71. The van der Waals surface area contributed by atoms with Crippen LogP contribution in [0.25, 0.3) is 22.3 Å². The quantitative estimate of drug-likeness (QED) is 0.0833. The van der Waals surface area contributed by atoms with Crippen molar-refractivity contribution in [3.05, 3.63) is 81.5 Å². The second-order valence-electron chi connectivity index (χ2n) is 13.0. The molecule has 2 fully saturated rings. The van der Waals surface area contributed by atoms with Crippen molar-refractivity contribution < 1.29 is 89.4 Å². The molecule has 0 amide bonds. The molecule has 7 atom stereocenters. The molecule has 286 valence electrons. The number of benzene rings is 4. The molecule has 0 bridgehead atoms. The van der Waals surface area contributed by atoms with Gasteiger partial charge in [-0.05, 0) is 36.4 Å². The van der Waals surface area contributed by atoms with Crippen molar-refractivity contribution in [2.45, 2.75) is 42.1 Å². The third-order valence-corrected chi connectivity index (χ3v) is 9.71. The summed E-state index contributed by atoms with van der Waals surface area (Å²) in [6.45, 7) is -0.761. The topological polar surface area (TPSA) is 330 Å². The van der Waals surface area contributed by atoms with Crippen molar-refractivity contribution in [3.63, 3.8) is 0 Å². The summed E-state index contributed by atoms with van der Waals surface area (Å²) in [6.07, 6.45) is -8.38. The van der Waals surface area contributed by atoms with Crippen molar-refractivity contribution in [2.24, 2.45) is 0 Å². The molecule has 0 radical (unpaired) electrons. The van der Waals surface area contributed by atoms with Crippen LogP contribution in [-0.4, -0.2) is 104 Å². The molecule has 19 nitrogen and oxygen atoms in total. The Balaban J connectivity index is 1.30. The Labute approximate surface area is 305 Å². The van der Waals surface area contributed by atoms with Crippen LogP contribution in [0.4, 0.5) is 0 Å². The van der Waals surface area contributed by atoms with Gasteiger partial charge in [0.25, 0.3) is 5.79 Å². The van der Waals surface area contributed by atoms with Gasteiger partial charge < -0.3 is 84.6 Å². The monoisotopic (exact) mass is 764 g/mol. The maximum absolute atomic E-state index is 14.6. The van der Waals surface area contributed by atoms with Gasteiger partial charge in [-0.25, -0.2) is 0 Å². The predicted octanol–water partition coefficient (Wildman–Crippen LogP) is 0.637. The molecule has 0 aliphatic carbocycles. The van der Waals surface area contributed by atoms with E-state index in [0.29, 0.717) is 6.07 Å². The molecule has 19 heteroatoms. The molecule has 4 aromatic carbocycles. The number of ether oxygens (including phenoxy) is 4. The molecule has 3 aliphatic heterocycles. The lowest BCUT2D eigenvalue weighted by Crippen LogP contribution is -2.60. The minimum Gasteiger partial charge on any atom is -0.508 e. The van der Waals surface area contributed by atoms with Crippen LogP contribution in [-0.2, 0) is 20.9 Å². The Bertz CT molecular complexity index is 2510. The fourth-order valence-electron chi connectivity index (χ4n) is 6.99. The van der Waals surface area contributed by atoms with E-state index in [0.717, 1.165) is 42.5 Å². The van der Waals surface area contributed by atoms with Crippen LogP contribution in [0.5, 0.6) is 57.5 Å². The highest BCUT2D eigenvalue weighted by Crippen LogP contribution is 2.70. The van der Waals surface area contributed by atoms with Crippen molar-refractivity contribution in [2.75, 3.05) is 6.61 Å². The van der Waals surface area contributed by atoms with Crippen LogP contribution in [0, 0.1) is 0 Å². The molecule has 1 aromatic heterocycles. The number of hydrogen-bond donors (Lipinski definition) is 12. The first kappa shape index (κ1) is 35.5. The zero-order valence-corrected chi connectivity index (χ0v) is 27.5. The fourth-order valence-corrected chi connectivity index (χ4v) is 6.99. The Morgan fingerprint density at radius 2 is 1.47 bits per heavy atom. The first-order valence-corrected chi connectivity index (χ1v) is 16.1. The Morgan fingerprint density at radius 3 is 2.16 bits per heavy atom. The summed E-state index contributed by atoms with van der Waals surface area (Å²) in [5, 5.41) is 125. The number of aliphatic hydroxyl groups excluding tert-OH is 4. The zero-order valence-electron chi connectivity index (χ0n) is 27.5. The summed E-state index contributed by atoms with van der Waals surface area (Å²) >= 11 is 0.